The summed E-state index contributed by atoms with van der Waals surface area (Å²) in [6, 6.07) is 8.72. The molecule has 0 amide bonds. The third-order valence-corrected chi connectivity index (χ3v) is 6.80. The van der Waals surface area contributed by atoms with Crippen LogP contribution in [0.1, 0.15) is 56.6 Å². The van der Waals surface area contributed by atoms with Gasteiger partial charge in [-0.3, -0.25) is 4.57 Å². The standard InChI is InChI=1S/C18H30NO3P/c1-4-21-23(20,22-5-2)13-12-18(19)11-10-17(14-18)16-8-6-15(3)7-9-16/h6-9,17H,4-5,10-14,19H2,1-3H3/t17-,18-/m0/s1. The Morgan fingerprint density at radius 2 is 1.83 bits per heavy atom. The lowest BCUT2D eigenvalue weighted by Crippen LogP contribution is -2.37. The smallest absolute Gasteiger partial charge is 0.325 e. The van der Waals surface area contributed by atoms with E-state index < -0.39 is 7.60 Å². The maximum atomic E-state index is 12.6. The summed E-state index contributed by atoms with van der Waals surface area (Å²) in [7, 11) is -2.99. The Labute approximate surface area is 140 Å². The van der Waals surface area contributed by atoms with E-state index in [1.54, 1.807) is 0 Å². The first kappa shape index (κ1) is 18.7. The molecule has 0 heterocycles. The third-order valence-electron chi connectivity index (χ3n) is 4.73. The zero-order valence-electron chi connectivity index (χ0n) is 14.6. The first-order chi connectivity index (χ1) is 10.9. The molecule has 1 fully saturated rings. The molecule has 23 heavy (non-hydrogen) atoms. The van der Waals surface area contributed by atoms with Gasteiger partial charge in [-0.2, -0.15) is 0 Å². The molecule has 1 aliphatic rings. The lowest BCUT2D eigenvalue weighted by molar-refractivity contribution is 0.217. The monoisotopic (exact) mass is 339 g/mol. The molecule has 2 rings (SSSR count). The first-order valence-corrected chi connectivity index (χ1v) is 10.4. The van der Waals surface area contributed by atoms with Crippen molar-refractivity contribution in [1.82, 2.24) is 0 Å². The predicted molar refractivity (Wildman–Crippen MR) is 95.0 cm³/mol. The highest BCUT2D eigenvalue weighted by molar-refractivity contribution is 7.53. The molecule has 2 N–H and O–H groups in total. The number of benzene rings is 1. The minimum Gasteiger partial charge on any atom is -0.325 e. The van der Waals surface area contributed by atoms with Crippen LogP contribution in [-0.2, 0) is 13.6 Å². The topological polar surface area (TPSA) is 61.5 Å². The minimum absolute atomic E-state index is 0.264. The summed E-state index contributed by atoms with van der Waals surface area (Å²) in [6.07, 6.45) is 4.09. The summed E-state index contributed by atoms with van der Waals surface area (Å²) >= 11 is 0. The highest BCUT2D eigenvalue weighted by atomic mass is 31.2. The Kier molecular flexibility index (Phi) is 6.44. The van der Waals surface area contributed by atoms with Crippen LogP contribution in [0.2, 0.25) is 0 Å². The summed E-state index contributed by atoms with van der Waals surface area (Å²) in [5.41, 5.74) is 8.96. The van der Waals surface area contributed by atoms with Crippen LogP contribution in [0.5, 0.6) is 0 Å². The second-order valence-electron chi connectivity index (χ2n) is 6.63. The Morgan fingerprint density at radius 1 is 1.22 bits per heavy atom. The van der Waals surface area contributed by atoms with E-state index >= 15 is 0 Å². The fraction of sp³-hybridized carbons (Fsp3) is 0.667. The van der Waals surface area contributed by atoms with Crippen molar-refractivity contribution in [2.75, 3.05) is 19.4 Å². The Bertz CT molecular complexity index is 536. The van der Waals surface area contributed by atoms with Crippen LogP contribution in [0.3, 0.4) is 0 Å². The van der Waals surface area contributed by atoms with E-state index in [2.05, 4.69) is 31.2 Å². The molecule has 1 aromatic rings. The zero-order chi connectivity index (χ0) is 16.9. The highest BCUT2D eigenvalue weighted by Crippen LogP contribution is 2.51. The van der Waals surface area contributed by atoms with Crippen molar-refractivity contribution in [3.63, 3.8) is 0 Å². The molecule has 2 atom stereocenters. The Balaban J connectivity index is 1.95. The van der Waals surface area contributed by atoms with E-state index in [4.69, 9.17) is 14.8 Å². The minimum atomic E-state index is -2.99. The quantitative estimate of drug-likeness (QED) is 0.702. The number of nitrogens with two attached hydrogens (primary N) is 1. The molecule has 0 radical (unpaired) electrons. The van der Waals surface area contributed by atoms with Gasteiger partial charge in [0.15, 0.2) is 0 Å². The van der Waals surface area contributed by atoms with Crippen molar-refractivity contribution < 1.29 is 13.6 Å². The third kappa shape index (κ3) is 5.15. The van der Waals surface area contributed by atoms with Crippen LogP contribution in [0.4, 0.5) is 0 Å². The van der Waals surface area contributed by atoms with E-state index in [1.165, 1.54) is 11.1 Å². The van der Waals surface area contributed by atoms with Crippen molar-refractivity contribution in [1.29, 1.82) is 0 Å². The summed E-state index contributed by atoms with van der Waals surface area (Å²) in [4.78, 5) is 0. The molecular weight excluding hydrogens is 309 g/mol. The van der Waals surface area contributed by atoms with Crippen LogP contribution in [0, 0.1) is 6.92 Å². The SMILES string of the molecule is CCOP(=O)(CC[C@@]1(N)CC[C@H](c2ccc(C)cc2)C1)OCC. The van der Waals surface area contributed by atoms with Crippen LogP contribution >= 0.6 is 7.60 Å². The van der Waals surface area contributed by atoms with Crippen molar-refractivity contribution >= 4 is 7.60 Å². The van der Waals surface area contributed by atoms with Crippen molar-refractivity contribution in [3.8, 4) is 0 Å². The average Bonchev–Trinajstić information content (AvgIpc) is 2.90. The van der Waals surface area contributed by atoms with E-state index in [0.717, 1.165) is 19.3 Å². The van der Waals surface area contributed by atoms with E-state index in [1.807, 2.05) is 13.8 Å². The van der Waals surface area contributed by atoms with Crippen molar-refractivity contribution in [2.45, 2.75) is 57.9 Å². The van der Waals surface area contributed by atoms with Crippen LogP contribution in [0.25, 0.3) is 0 Å². The van der Waals surface area contributed by atoms with Gasteiger partial charge in [-0.1, -0.05) is 29.8 Å². The highest BCUT2D eigenvalue weighted by Gasteiger charge is 2.38. The molecule has 0 saturated heterocycles. The summed E-state index contributed by atoms with van der Waals surface area (Å²) in [5.74, 6) is 0.499. The summed E-state index contributed by atoms with van der Waals surface area (Å²) in [6.45, 7) is 6.59. The first-order valence-electron chi connectivity index (χ1n) is 8.63. The van der Waals surface area contributed by atoms with Crippen molar-refractivity contribution in [2.24, 2.45) is 5.73 Å². The van der Waals surface area contributed by atoms with Crippen LogP contribution in [0.15, 0.2) is 24.3 Å². The van der Waals surface area contributed by atoms with Gasteiger partial charge in [0.1, 0.15) is 0 Å². The molecule has 0 spiro atoms. The largest absolute Gasteiger partial charge is 0.330 e. The molecule has 0 bridgehead atoms. The predicted octanol–water partition coefficient (Wildman–Crippen LogP) is 4.62. The van der Waals surface area contributed by atoms with Gasteiger partial charge in [0, 0.05) is 5.54 Å². The maximum Gasteiger partial charge on any atom is 0.330 e. The van der Waals surface area contributed by atoms with Gasteiger partial charge in [-0.25, -0.2) is 0 Å². The number of rotatable bonds is 8. The number of hydrogen-bond donors (Lipinski definition) is 1. The van der Waals surface area contributed by atoms with E-state index in [0.29, 0.717) is 31.7 Å². The van der Waals surface area contributed by atoms with E-state index in [9.17, 15) is 4.57 Å². The molecule has 130 valence electrons. The normalized spacial score (nSPS) is 25.0. The van der Waals surface area contributed by atoms with Crippen LogP contribution < -0.4 is 5.73 Å². The molecule has 0 aromatic heterocycles. The molecular formula is C18H30NO3P. The molecule has 0 aliphatic heterocycles. The molecule has 1 aromatic carbocycles. The van der Waals surface area contributed by atoms with Gasteiger partial charge in [0.25, 0.3) is 0 Å². The number of aryl methyl sites for hydroxylation is 1. The Morgan fingerprint density at radius 3 is 2.39 bits per heavy atom. The second kappa shape index (κ2) is 7.94. The van der Waals surface area contributed by atoms with Gasteiger partial charge in [0.2, 0.25) is 0 Å². The fourth-order valence-electron chi connectivity index (χ4n) is 3.43. The zero-order valence-corrected chi connectivity index (χ0v) is 15.5. The van der Waals surface area contributed by atoms with Crippen LogP contribution in [-0.4, -0.2) is 24.9 Å². The molecule has 1 saturated carbocycles. The fourth-order valence-corrected chi connectivity index (χ4v) is 5.26. The number of hydrogen-bond acceptors (Lipinski definition) is 4. The second-order valence-corrected chi connectivity index (χ2v) is 8.82. The van der Waals surface area contributed by atoms with E-state index in [-0.39, 0.29) is 5.54 Å². The molecule has 1 aliphatic carbocycles. The van der Waals surface area contributed by atoms with Gasteiger partial charge < -0.3 is 14.8 Å². The Hall–Kier alpha value is -0.670. The lowest BCUT2D eigenvalue weighted by Gasteiger charge is -2.26. The van der Waals surface area contributed by atoms with Gasteiger partial charge in [-0.05, 0) is 57.9 Å². The summed E-state index contributed by atoms with van der Waals surface area (Å²) in [5, 5.41) is 0. The lowest BCUT2D eigenvalue weighted by atomic mass is 9.91. The van der Waals surface area contributed by atoms with Crippen molar-refractivity contribution in [3.05, 3.63) is 35.4 Å². The molecule has 4 nitrogen and oxygen atoms in total. The van der Waals surface area contributed by atoms with Gasteiger partial charge in [0.05, 0.1) is 19.4 Å². The summed E-state index contributed by atoms with van der Waals surface area (Å²) < 4.78 is 23.4. The van der Waals surface area contributed by atoms with Gasteiger partial charge >= 0.3 is 7.60 Å². The maximum absolute atomic E-state index is 12.6. The van der Waals surface area contributed by atoms with Gasteiger partial charge in [-0.15, -0.1) is 0 Å². The molecule has 0 unspecified atom stereocenters. The average molecular weight is 339 g/mol. The molecule has 5 heteroatoms.